The fraction of sp³-hybridized carbons (Fsp3) is 0.385. The minimum absolute atomic E-state index is 0.205. The van der Waals surface area contributed by atoms with Gasteiger partial charge in [0.15, 0.2) is 0 Å². The normalized spacial score (nSPS) is 26.7. The van der Waals surface area contributed by atoms with E-state index in [2.05, 4.69) is 0 Å². The third-order valence-electron chi connectivity index (χ3n) is 7.40. The summed E-state index contributed by atoms with van der Waals surface area (Å²) in [7, 11) is 1.55. The van der Waals surface area contributed by atoms with Crippen molar-refractivity contribution in [2.24, 2.45) is 23.5 Å². The molecule has 5 rings (SSSR count). The number of anilines is 1. The predicted octanol–water partition coefficient (Wildman–Crippen LogP) is 2.43. The third-order valence-corrected chi connectivity index (χ3v) is 7.40. The van der Waals surface area contributed by atoms with Crippen LogP contribution in [0.1, 0.15) is 37.3 Å². The summed E-state index contributed by atoms with van der Waals surface area (Å²) in [5.74, 6) is -3.43. The lowest BCUT2D eigenvalue weighted by molar-refractivity contribution is -0.145. The topological polar surface area (TPSA) is 110 Å². The smallest absolute Gasteiger partial charge is 0.241 e. The second kappa shape index (κ2) is 8.59. The highest BCUT2D eigenvalue weighted by Crippen LogP contribution is 2.52. The van der Waals surface area contributed by atoms with Crippen LogP contribution in [-0.2, 0) is 19.2 Å². The van der Waals surface area contributed by atoms with Crippen LogP contribution in [0.5, 0.6) is 5.75 Å². The molecular weight excluding hydrogens is 434 g/mol. The number of para-hydroxylation sites is 1. The molecule has 8 nitrogen and oxygen atoms in total. The Morgan fingerprint density at radius 2 is 1.53 bits per heavy atom. The van der Waals surface area contributed by atoms with Crippen molar-refractivity contribution in [3.05, 3.63) is 60.2 Å². The molecule has 176 valence electrons. The van der Waals surface area contributed by atoms with Gasteiger partial charge in [0, 0.05) is 5.92 Å². The van der Waals surface area contributed by atoms with E-state index in [1.807, 2.05) is 0 Å². The number of amides is 4. The maximum atomic E-state index is 13.8. The molecule has 4 atom stereocenters. The molecule has 1 saturated carbocycles. The van der Waals surface area contributed by atoms with E-state index in [0.29, 0.717) is 17.0 Å². The Morgan fingerprint density at radius 3 is 2.12 bits per heavy atom. The minimum Gasteiger partial charge on any atom is -0.497 e. The van der Waals surface area contributed by atoms with Crippen LogP contribution in [0.15, 0.2) is 54.6 Å². The number of likely N-dealkylation sites (tertiary alicyclic amines) is 1. The summed E-state index contributed by atoms with van der Waals surface area (Å²) in [6.07, 6.45) is 3.32. The fourth-order valence-corrected chi connectivity index (χ4v) is 5.87. The first-order chi connectivity index (χ1) is 16.4. The van der Waals surface area contributed by atoms with Crippen LogP contribution in [0, 0.1) is 17.8 Å². The SMILES string of the molecule is COc1ccc(C2C3C(=O)N(c4ccccc4)C(=O)C3C(C(N)=O)N2C(=O)C2CCCC2)cc1. The van der Waals surface area contributed by atoms with Gasteiger partial charge in [-0.2, -0.15) is 0 Å². The Bertz CT molecular complexity index is 1130. The number of benzene rings is 2. The van der Waals surface area contributed by atoms with Gasteiger partial charge in [-0.1, -0.05) is 43.2 Å². The van der Waals surface area contributed by atoms with Crippen LogP contribution >= 0.6 is 0 Å². The molecule has 4 unspecified atom stereocenters. The van der Waals surface area contributed by atoms with Crippen molar-refractivity contribution in [3.63, 3.8) is 0 Å². The van der Waals surface area contributed by atoms with E-state index in [4.69, 9.17) is 10.5 Å². The monoisotopic (exact) mass is 461 g/mol. The number of imide groups is 1. The van der Waals surface area contributed by atoms with E-state index in [9.17, 15) is 19.2 Å². The van der Waals surface area contributed by atoms with E-state index in [1.165, 1.54) is 4.90 Å². The molecule has 0 bridgehead atoms. The Morgan fingerprint density at radius 1 is 0.912 bits per heavy atom. The van der Waals surface area contributed by atoms with Gasteiger partial charge in [0.05, 0.1) is 30.7 Å². The first-order valence-electron chi connectivity index (χ1n) is 11.6. The van der Waals surface area contributed by atoms with Crippen molar-refractivity contribution >= 4 is 29.3 Å². The van der Waals surface area contributed by atoms with Crippen LogP contribution in [-0.4, -0.2) is 41.7 Å². The highest BCUT2D eigenvalue weighted by Gasteiger charge is 2.65. The van der Waals surface area contributed by atoms with Crippen molar-refractivity contribution < 1.29 is 23.9 Å². The zero-order valence-electron chi connectivity index (χ0n) is 18.9. The Labute approximate surface area is 197 Å². The van der Waals surface area contributed by atoms with Gasteiger partial charge in [-0.25, -0.2) is 4.90 Å². The summed E-state index contributed by atoms with van der Waals surface area (Å²) in [5.41, 5.74) is 6.93. The maximum absolute atomic E-state index is 13.8. The van der Waals surface area contributed by atoms with E-state index >= 15 is 0 Å². The lowest BCUT2D eigenvalue weighted by Gasteiger charge is -2.34. The van der Waals surface area contributed by atoms with Gasteiger partial charge in [-0.05, 0) is 42.7 Å². The molecule has 1 aliphatic carbocycles. The lowest BCUT2D eigenvalue weighted by atomic mass is 9.86. The average Bonchev–Trinajstić information content (AvgIpc) is 3.56. The number of fused-ring (bicyclic) bond motifs is 1. The van der Waals surface area contributed by atoms with Crippen molar-refractivity contribution in [1.82, 2.24) is 4.90 Å². The molecule has 0 aromatic heterocycles. The Kier molecular flexibility index (Phi) is 5.59. The largest absolute Gasteiger partial charge is 0.497 e. The minimum atomic E-state index is -1.18. The third kappa shape index (κ3) is 3.36. The van der Waals surface area contributed by atoms with E-state index in [-0.39, 0.29) is 11.8 Å². The first kappa shape index (κ1) is 22.1. The Hall–Kier alpha value is -3.68. The van der Waals surface area contributed by atoms with Crippen LogP contribution in [0.25, 0.3) is 0 Å². The summed E-state index contributed by atoms with van der Waals surface area (Å²) in [6, 6.07) is 13.7. The number of primary amides is 1. The van der Waals surface area contributed by atoms with Gasteiger partial charge in [-0.3, -0.25) is 19.2 Å². The molecule has 2 aliphatic heterocycles. The molecular formula is C26H27N3O5. The molecule has 3 fully saturated rings. The first-order valence-corrected chi connectivity index (χ1v) is 11.6. The number of carbonyl (C=O) groups excluding carboxylic acids is 4. The van der Waals surface area contributed by atoms with Crippen LogP contribution in [0.3, 0.4) is 0 Å². The van der Waals surface area contributed by atoms with Gasteiger partial charge in [0.2, 0.25) is 23.6 Å². The molecule has 34 heavy (non-hydrogen) atoms. The summed E-state index contributed by atoms with van der Waals surface area (Å²) in [4.78, 5) is 56.5. The van der Waals surface area contributed by atoms with Crippen molar-refractivity contribution in [3.8, 4) is 5.75 Å². The van der Waals surface area contributed by atoms with Crippen LogP contribution in [0.2, 0.25) is 0 Å². The highest BCUT2D eigenvalue weighted by atomic mass is 16.5. The van der Waals surface area contributed by atoms with Gasteiger partial charge in [-0.15, -0.1) is 0 Å². The maximum Gasteiger partial charge on any atom is 0.241 e. The number of nitrogens with zero attached hydrogens (tertiary/aromatic N) is 2. The molecule has 2 saturated heterocycles. The molecule has 4 amide bonds. The quantitative estimate of drug-likeness (QED) is 0.688. The number of rotatable bonds is 5. The molecule has 2 heterocycles. The van der Waals surface area contributed by atoms with Gasteiger partial charge < -0.3 is 15.4 Å². The Balaban J connectivity index is 1.63. The van der Waals surface area contributed by atoms with E-state index < -0.39 is 41.6 Å². The van der Waals surface area contributed by atoms with Crippen molar-refractivity contribution in [2.45, 2.75) is 37.8 Å². The fourth-order valence-electron chi connectivity index (χ4n) is 5.87. The number of carbonyl (C=O) groups is 4. The van der Waals surface area contributed by atoms with Crippen molar-refractivity contribution in [1.29, 1.82) is 0 Å². The summed E-state index contributed by atoms with van der Waals surface area (Å²) in [5, 5.41) is 0. The number of hydrogen-bond donors (Lipinski definition) is 1. The molecule has 2 N–H and O–H groups in total. The van der Waals surface area contributed by atoms with E-state index in [1.54, 1.807) is 61.7 Å². The standard InChI is InChI=1S/C26H27N3O5/c1-34-18-13-11-15(12-14-18)21-19-20(26(33)28(25(19)32)17-9-3-2-4-10-17)22(23(27)30)29(21)24(31)16-7-5-6-8-16/h2-4,9-14,16,19-22H,5-8H2,1H3,(H2,27,30). The van der Waals surface area contributed by atoms with Crippen molar-refractivity contribution in [2.75, 3.05) is 12.0 Å². The van der Waals surface area contributed by atoms with Crippen LogP contribution in [0.4, 0.5) is 5.69 Å². The zero-order chi connectivity index (χ0) is 24.0. The number of methoxy groups -OCH3 is 1. The molecule has 0 spiro atoms. The second-order valence-corrected chi connectivity index (χ2v) is 9.19. The van der Waals surface area contributed by atoms with E-state index in [0.717, 1.165) is 30.6 Å². The summed E-state index contributed by atoms with van der Waals surface area (Å²) in [6.45, 7) is 0. The number of hydrogen-bond acceptors (Lipinski definition) is 5. The zero-order valence-corrected chi connectivity index (χ0v) is 18.9. The van der Waals surface area contributed by atoms with Gasteiger partial charge >= 0.3 is 0 Å². The lowest BCUT2D eigenvalue weighted by Crippen LogP contribution is -2.51. The highest BCUT2D eigenvalue weighted by molar-refractivity contribution is 6.24. The molecule has 0 radical (unpaired) electrons. The molecule has 8 heteroatoms. The number of ether oxygens (including phenoxy) is 1. The number of nitrogens with two attached hydrogens (primary N) is 1. The van der Waals surface area contributed by atoms with Gasteiger partial charge in [0.25, 0.3) is 0 Å². The average molecular weight is 462 g/mol. The molecule has 2 aromatic rings. The second-order valence-electron chi connectivity index (χ2n) is 9.19. The molecule has 2 aromatic carbocycles. The predicted molar refractivity (Wildman–Crippen MR) is 123 cm³/mol. The van der Waals surface area contributed by atoms with Gasteiger partial charge in [0.1, 0.15) is 11.8 Å². The summed E-state index contributed by atoms with van der Waals surface area (Å²) >= 11 is 0. The van der Waals surface area contributed by atoms with Crippen LogP contribution < -0.4 is 15.4 Å². The molecule has 3 aliphatic rings. The summed E-state index contributed by atoms with van der Waals surface area (Å²) < 4.78 is 5.26.